The third-order valence-corrected chi connectivity index (χ3v) is 9.84. The highest BCUT2D eigenvalue weighted by molar-refractivity contribution is 5.61. The lowest BCUT2D eigenvalue weighted by atomic mass is 9.52. The second-order valence-electron chi connectivity index (χ2n) is 11.4. The molecule has 0 amide bonds. The lowest BCUT2D eigenvalue weighted by Crippen LogP contribution is -2.51. The van der Waals surface area contributed by atoms with E-state index in [4.69, 9.17) is 6.57 Å². The highest BCUT2D eigenvalue weighted by atomic mass is 19.1. The highest BCUT2D eigenvalue weighted by Gasteiger charge is 2.61. The van der Waals surface area contributed by atoms with E-state index in [1.54, 1.807) is 18.5 Å². The van der Waals surface area contributed by atoms with Gasteiger partial charge in [-0.2, -0.15) is 0 Å². The molecule has 2 N–H and O–H groups in total. The maximum Gasteiger partial charge on any atom is 0.230 e. The lowest BCUT2D eigenvalue weighted by Gasteiger charge is -2.53. The predicted molar refractivity (Wildman–Crippen MR) is 135 cm³/mol. The average molecular weight is 484 g/mol. The van der Waals surface area contributed by atoms with Crippen molar-refractivity contribution in [2.24, 2.45) is 17.3 Å². The van der Waals surface area contributed by atoms with Gasteiger partial charge in [0.25, 0.3) is 0 Å². The van der Waals surface area contributed by atoms with Crippen LogP contribution in [0.4, 0.5) is 10.1 Å². The summed E-state index contributed by atoms with van der Waals surface area (Å²) in [6, 6.07) is 15.7. The summed E-state index contributed by atoms with van der Waals surface area (Å²) in [4.78, 5) is 3.36. The van der Waals surface area contributed by atoms with Crippen molar-refractivity contribution in [1.29, 1.82) is 0 Å². The van der Waals surface area contributed by atoms with Crippen molar-refractivity contribution < 1.29 is 19.4 Å². The van der Waals surface area contributed by atoms with Gasteiger partial charge in [0.2, 0.25) is 18.1 Å². The molecule has 3 aromatic rings. The van der Waals surface area contributed by atoms with E-state index in [2.05, 4.69) is 36.0 Å². The molecule has 2 aromatic carbocycles. The van der Waals surface area contributed by atoms with E-state index in [-0.39, 0.29) is 16.9 Å². The van der Waals surface area contributed by atoms with Gasteiger partial charge in [0.05, 0.1) is 17.7 Å². The van der Waals surface area contributed by atoms with Crippen LogP contribution >= 0.6 is 0 Å². The summed E-state index contributed by atoms with van der Waals surface area (Å²) < 4.78 is 16.0. The van der Waals surface area contributed by atoms with Gasteiger partial charge in [0, 0.05) is 17.2 Å². The minimum Gasteiger partial charge on any atom is -0.389 e. The first-order valence-electron chi connectivity index (χ1n) is 13.0. The van der Waals surface area contributed by atoms with Gasteiger partial charge in [0.1, 0.15) is 5.82 Å². The summed E-state index contributed by atoms with van der Waals surface area (Å²) >= 11 is 0. The van der Waals surface area contributed by atoms with Gasteiger partial charge < -0.3 is 5.11 Å². The fourth-order valence-electron chi connectivity index (χ4n) is 7.89. The molecule has 5 heteroatoms. The molecule has 2 saturated carbocycles. The van der Waals surface area contributed by atoms with Crippen molar-refractivity contribution in [1.82, 2.24) is 0 Å². The first-order valence-corrected chi connectivity index (χ1v) is 13.0. The van der Waals surface area contributed by atoms with Crippen molar-refractivity contribution in [3.63, 3.8) is 0 Å². The lowest BCUT2D eigenvalue weighted by molar-refractivity contribution is -0.904. The molecule has 3 aliphatic rings. The molecule has 1 heterocycles. The monoisotopic (exact) mass is 483 g/mol. The van der Waals surface area contributed by atoms with E-state index in [9.17, 15) is 14.7 Å². The van der Waals surface area contributed by atoms with E-state index in [1.807, 2.05) is 18.2 Å². The zero-order valence-corrected chi connectivity index (χ0v) is 20.6. The summed E-state index contributed by atoms with van der Waals surface area (Å²) in [7, 11) is 0. The van der Waals surface area contributed by atoms with Gasteiger partial charge in [-0.05, 0) is 90.0 Å². The normalized spacial score (nSPS) is 30.7. The molecule has 1 aromatic heterocycles. The molecule has 184 valence electrons. The largest absolute Gasteiger partial charge is 0.389 e. The van der Waals surface area contributed by atoms with Crippen LogP contribution in [0.5, 0.6) is 0 Å². The van der Waals surface area contributed by atoms with Crippen molar-refractivity contribution in [2.75, 3.05) is 0 Å². The van der Waals surface area contributed by atoms with Crippen molar-refractivity contribution in [2.45, 2.75) is 63.4 Å². The number of hydrogen-bond donors (Lipinski definition) is 2. The Morgan fingerprint density at radius 2 is 1.86 bits per heavy atom. The first kappa shape index (κ1) is 23.2. The maximum absolute atomic E-state index is 14.9. The van der Waals surface area contributed by atoms with E-state index in [1.165, 1.54) is 0 Å². The van der Waals surface area contributed by atoms with Gasteiger partial charge in [0.15, 0.2) is 0 Å². The van der Waals surface area contributed by atoms with Gasteiger partial charge in [-0.15, -0.1) is 0 Å². The molecule has 0 spiro atoms. The molecule has 6 rings (SSSR count). The second kappa shape index (κ2) is 8.42. The van der Waals surface area contributed by atoms with Crippen molar-refractivity contribution >= 4 is 5.69 Å². The van der Waals surface area contributed by atoms with Crippen LogP contribution in [0.15, 0.2) is 60.9 Å². The van der Waals surface area contributed by atoms with Crippen LogP contribution in [0.25, 0.3) is 16.0 Å². The number of nitrogens with zero attached hydrogens (tertiary/aromatic N) is 2. The Kier molecular flexibility index (Phi) is 5.42. The van der Waals surface area contributed by atoms with Crippen LogP contribution in [0.1, 0.15) is 61.6 Å². The summed E-state index contributed by atoms with van der Waals surface area (Å²) in [5.41, 5.74) is 4.17. The van der Waals surface area contributed by atoms with E-state index in [0.29, 0.717) is 30.6 Å². The standard InChI is InChI=1S/C31H32FN2O2/c1-30-15-13-24-23-11-12-28(33-2)29(32)26(23)10-9-25(24)27(30)14-16-31(30,35)18-20-5-7-21(8-6-20)22-4-3-17-34(36)19-22/h3-8,11-12,17,19,24-25,27,35-36H,9-10,13-16,18H2,1H3/q+1/t24?,25?,27?,30-,31+/m0/s1. The van der Waals surface area contributed by atoms with Gasteiger partial charge in [-0.25, -0.2) is 9.24 Å². The Hall–Kier alpha value is -3.23. The Balaban J connectivity index is 1.24. The number of hydrogen-bond acceptors (Lipinski definition) is 2. The van der Waals surface area contributed by atoms with Gasteiger partial charge in [-0.3, -0.25) is 5.21 Å². The van der Waals surface area contributed by atoms with Gasteiger partial charge >= 0.3 is 0 Å². The number of aliphatic hydroxyl groups is 1. The SMILES string of the molecule is [C-]#[N+]c1ccc2c(c1F)CCC1C2CC[C@@]2(C)C1CC[C@@]2(O)Cc1ccc(-c2ccc[n+](O)c2)cc1. The molecular weight excluding hydrogens is 451 g/mol. The topological polar surface area (TPSA) is 48.7 Å². The number of halogens is 1. The number of rotatable bonds is 3. The Morgan fingerprint density at radius 3 is 2.61 bits per heavy atom. The van der Waals surface area contributed by atoms with Crippen molar-refractivity contribution in [3.8, 4) is 11.1 Å². The molecule has 4 nitrogen and oxygen atoms in total. The molecule has 3 unspecified atom stereocenters. The van der Waals surface area contributed by atoms with Crippen LogP contribution in [0.3, 0.4) is 0 Å². The van der Waals surface area contributed by atoms with E-state index in [0.717, 1.165) is 64.7 Å². The van der Waals surface area contributed by atoms with Crippen LogP contribution in [-0.4, -0.2) is 15.9 Å². The Bertz CT molecular complexity index is 1360. The zero-order valence-electron chi connectivity index (χ0n) is 20.6. The highest BCUT2D eigenvalue weighted by Crippen LogP contribution is 2.65. The maximum atomic E-state index is 14.9. The summed E-state index contributed by atoms with van der Waals surface area (Å²) in [5, 5.41) is 21.8. The molecule has 36 heavy (non-hydrogen) atoms. The summed E-state index contributed by atoms with van der Waals surface area (Å²) in [6.07, 6.45) is 9.20. The van der Waals surface area contributed by atoms with Gasteiger partial charge in [-0.1, -0.05) is 43.3 Å². The summed E-state index contributed by atoms with van der Waals surface area (Å²) in [6.45, 7) is 9.54. The fraction of sp³-hybridized carbons (Fsp3) is 0.419. The first-order chi connectivity index (χ1) is 17.3. The second-order valence-corrected chi connectivity index (χ2v) is 11.4. The van der Waals surface area contributed by atoms with E-state index >= 15 is 0 Å². The molecule has 2 fully saturated rings. The zero-order chi connectivity index (χ0) is 25.1. The quantitative estimate of drug-likeness (QED) is 0.257. The molecule has 5 atom stereocenters. The number of fused-ring (bicyclic) bond motifs is 5. The smallest absolute Gasteiger partial charge is 0.230 e. The summed E-state index contributed by atoms with van der Waals surface area (Å²) in [5.74, 6) is 0.878. The Morgan fingerprint density at radius 1 is 1.06 bits per heavy atom. The van der Waals surface area contributed by atoms with Crippen LogP contribution < -0.4 is 4.73 Å². The average Bonchev–Trinajstić information content (AvgIpc) is 3.15. The number of benzene rings is 2. The minimum atomic E-state index is -0.759. The third kappa shape index (κ3) is 3.46. The molecule has 0 bridgehead atoms. The molecule has 0 aliphatic heterocycles. The number of pyridine rings is 1. The number of aromatic nitrogens is 1. The third-order valence-electron chi connectivity index (χ3n) is 9.84. The molecular formula is C31H32FN2O2+. The van der Waals surface area contributed by atoms with Crippen molar-refractivity contribution in [3.05, 3.63) is 94.8 Å². The molecule has 0 radical (unpaired) electrons. The predicted octanol–water partition coefficient (Wildman–Crippen LogP) is 6.40. The van der Waals surface area contributed by atoms with Crippen LogP contribution in [0.2, 0.25) is 0 Å². The van der Waals surface area contributed by atoms with Crippen LogP contribution in [0, 0.1) is 29.6 Å². The minimum absolute atomic E-state index is 0.136. The van der Waals surface area contributed by atoms with E-state index < -0.39 is 5.60 Å². The molecule has 0 saturated heterocycles. The van der Waals surface area contributed by atoms with Crippen LogP contribution in [-0.2, 0) is 12.8 Å². The molecule has 3 aliphatic carbocycles. The fourth-order valence-corrected chi connectivity index (χ4v) is 7.89. The Labute approximate surface area is 211 Å².